The lowest BCUT2D eigenvalue weighted by Crippen LogP contribution is -2.52. The summed E-state index contributed by atoms with van der Waals surface area (Å²) in [5.74, 6) is -0.277. The quantitative estimate of drug-likeness (QED) is 0.232. The number of hydrogen-bond donors (Lipinski definition) is 1. The standard InChI is InChI=1S/C35H37N3O3/c1-3-25(2)36-34(40)31(23-26-13-6-4-7-14-26)38(24-27-15-8-5-9-16-27)32(39)21-12-22-37-30-20-11-18-28-17-10-19-29(33(28)30)35(37)41/h4-11,13-20,25,31H,3,12,21-24H2,1-2H3,(H,36,40)/t25-,31+/m0/s1. The van der Waals surface area contributed by atoms with E-state index in [1.165, 1.54) is 0 Å². The molecule has 1 N–H and O–H groups in total. The molecule has 6 nitrogen and oxygen atoms in total. The summed E-state index contributed by atoms with van der Waals surface area (Å²) in [5, 5.41) is 5.13. The summed E-state index contributed by atoms with van der Waals surface area (Å²) in [7, 11) is 0. The first kappa shape index (κ1) is 28.1. The number of carbonyl (C=O) groups excluding carboxylic acids is 3. The Bertz CT molecular complexity index is 1510. The third-order valence-corrected chi connectivity index (χ3v) is 7.89. The highest BCUT2D eigenvalue weighted by Crippen LogP contribution is 2.37. The Kier molecular flexibility index (Phi) is 8.78. The number of nitrogens with one attached hydrogen (secondary N) is 1. The highest BCUT2D eigenvalue weighted by atomic mass is 16.2. The summed E-state index contributed by atoms with van der Waals surface area (Å²) < 4.78 is 0. The second kappa shape index (κ2) is 12.8. The predicted octanol–water partition coefficient (Wildman–Crippen LogP) is 6.14. The molecular weight excluding hydrogens is 510 g/mol. The van der Waals surface area contributed by atoms with Crippen LogP contribution in [0.4, 0.5) is 5.69 Å². The molecule has 5 rings (SSSR count). The fraction of sp³-hybridized carbons (Fsp3) is 0.286. The van der Waals surface area contributed by atoms with E-state index in [1.54, 1.807) is 9.80 Å². The third kappa shape index (κ3) is 6.32. The van der Waals surface area contributed by atoms with Gasteiger partial charge in [-0.05, 0) is 48.4 Å². The molecule has 0 bridgehead atoms. The van der Waals surface area contributed by atoms with Crippen LogP contribution < -0.4 is 10.2 Å². The van der Waals surface area contributed by atoms with E-state index in [1.807, 2.05) is 111 Å². The highest BCUT2D eigenvalue weighted by molar-refractivity contribution is 6.25. The molecule has 1 aliphatic heterocycles. The van der Waals surface area contributed by atoms with Crippen LogP contribution in [0, 0.1) is 0 Å². The van der Waals surface area contributed by atoms with E-state index >= 15 is 0 Å². The number of rotatable bonds is 12. The van der Waals surface area contributed by atoms with E-state index in [2.05, 4.69) is 5.32 Å². The van der Waals surface area contributed by atoms with Gasteiger partial charge >= 0.3 is 0 Å². The molecular formula is C35H37N3O3. The van der Waals surface area contributed by atoms with Crippen LogP contribution in [0.3, 0.4) is 0 Å². The lowest BCUT2D eigenvalue weighted by molar-refractivity contribution is -0.141. The van der Waals surface area contributed by atoms with E-state index in [0.29, 0.717) is 31.5 Å². The van der Waals surface area contributed by atoms with Crippen LogP contribution in [-0.2, 0) is 22.6 Å². The van der Waals surface area contributed by atoms with E-state index < -0.39 is 6.04 Å². The summed E-state index contributed by atoms with van der Waals surface area (Å²) in [6, 6.07) is 30.7. The van der Waals surface area contributed by atoms with Crippen LogP contribution >= 0.6 is 0 Å². The molecule has 0 unspecified atom stereocenters. The predicted molar refractivity (Wildman–Crippen MR) is 164 cm³/mol. The number of anilines is 1. The number of carbonyl (C=O) groups is 3. The molecule has 1 heterocycles. The maximum absolute atomic E-state index is 13.9. The summed E-state index contributed by atoms with van der Waals surface area (Å²) in [6.45, 7) is 4.77. The van der Waals surface area contributed by atoms with Gasteiger partial charge in [0.25, 0.3) is 5.91 Å². The second-order valence-corrected chi connectivity index (χ2v) is 10.8. The minimum atomic E-state index is -0.662. The molecule has 210 valence electrons. The molecule has 0 radical (unpaired) electrons. The zero-order chi connectivity index (χ0) is 28.8. The zero-order valence-electron chi connectivity index (χ0n) is 23.8. The molecule has 0 saturated heterocycles. The van der Waals surface area contributed by atoms with Gasteiger partial charge in [-0.25, -0.2) is 0 Å². The molecule has 1 aliphatic rings. The molecule has 6 heteroatoms. The lowest BCUT2D eigenvalue weighted by atomic mass is 10.0. The molecule has 4 aromatic carbocycles. The van der Waals surface area contributed by atoms with Crippen LogP contribution in [0.1, 0.15) is 54.6 Å². The molecule has 0 aliphatic carbocycles. The Balaban J connectivity index is 1.36. The third-order valence-electron chi connectivity index (χ3n) is 7.89. The highest BCUT2D eigenvalue weighted by Gasteiger charge is 2.32. The smallest absolute Gasteiger partial charge is 0.258 e. The monoisotopic (exact) mass is 547 g/mol. The van der Waals surface area contributed by atoms with E-state index in [9.17, 15) is 14.4 Å². The average Bonchev–Trinajstić information content (AvgIpc) is 3.27. The maximum atomic E-state index is 13.9. The molecule has 0 fully saturated rings. The van der Waals surface area contributed by atoms with Crippen molar-refractivity contribution in [3.05, 3.63) is 114 Å². The van der Waals surface area contributed by atoms with Gasteiger partial charge in [0.05, 0.1) is 5.69 Å². The van der Waals surface area contributed by atoms with Crippen molar-refractivity contribution in [3.63, 3.8) is 0 Å². The van der Waals surface area contributed by atoms with Crippen molar-refractivity contribution in [2.45, 2.75) is 58.2 Å². The molecule has 4 aromatic rings. The van der Waals surface area contributed by atoms with Gasteiger partial charge in [0.2, 0.25) is 11.8 Å². The van der Waals surface area contributed by atoms with Gasteiger partial charge in [0.15, 0.2) is 0 Å². The van der Waals surface area contributed by atoms with Gasteiger partial charge in [-0.1, -0.05) is 91.9 Å². The van der Waals surface area contributed by atoms with E-state index in [4.69, 9.17) is 0 Å². The topological polar surface area (TPSA) is 69.7 Å². The van der Waals surface area contributed by atoms with E-state index in [0.717, 1.165) is 34.0 Å². The Labute approximate surface area is 242 Å². The Hall–Kier alpha value is -4.45. The number of nitrogens with zero attached hydrogens (tertiary/aromatic N) is 2. The largest absolute Gasteiger partial charge is 0.352 e. The second-order valence-electron chi connectivity index (χ2n) is 10.8. The zero-order valence-corrected chi connectivity index (χ0v) is 23.8. The van der Waals surface area contributed by atoms with Crippen LogP contribution in [0.5, 0.6) is 0 Å². The average molecular weight is 548 g/mol. The molecule has 0 saturated carbocycles. The van der Waals surface area contributed by atoms with Gasteiger partial charge in [-0.2, -0.15) is 0 Å². The Morgan fingerprint density at radius 1 is 0.854 bits per heavy atom. The van der Waals surface area contributed by atoms with Gasteiger partial charge in [-0.15, -0.1) is 0 Å². The molecule has 0 aromatic heterocycles. The summed E-state index contributed by atoms with van der Waals surface area (Å²) >= 11 is 0. The fourth-order valence-corrected chi connectivity index (χ4v) is 5.51. The Morgan fingerprint density at radius 3 is 2.20 bits per heavy atom. The fourth-order valence-electron chi connectivity index (χ4n) is 5.51. The van der Waals surface area contributed by atoms with Crippen molar-refractivity contribution in [3.8, 4) is 0 Å². The van der Waals surface area contributed by atoms with Crippen molar-refractivity contribution in [1.29, 1.82) is 0 Å². The Morgan fingerprint density at radius 2 is 1.51 bits per heavy atom. The van der Waals surface area contributed by atoms with Crippen LogP contribution in [0.25, 0.3) is 10.8 Å². The SMILES string of the molecule is CC[C@H](C)NC(=O)[C@@H](Cc1ccccc1)N(Cc1ccccc1)C(=O)CCCN1C(=O)c2cccc3cccc1c23. The first-order chi connectivity index (χ1) is 20.0. The molecule has 2 atom stereocenters. The van der Waals surface area contributed by atoms with E-state index in [-0.39, 0.29) is 30.2 Å². The van der Waals surface area contributed by atoms with Crippen molar-refractivity contribution >= 4 is 34.2 Å². The van der Waals surface area contributed by atoms with Crippen LogP contribution in [0.2, 0.25) is 0 Å². The number of benzene rings is 4. The van der Waals surface area contributed by atoms with Gasteiger partial charge in [0, 0.05) is 42.9 Å². The summed E-state index contributed by atoms with van der Waals surface area (Å²) in [5.41, 5.74) is 3.56. The van der Waals surface area contributed by atoms with Crippen molar-refractivity contribution in [2.24, 2.45) is 0 Å². The van der Waals surface area contributed by atoms with Crippen molar-refractivity contribution in [2.75, 3.05) is 11.4 Å². The van der Waals surface area contributed by atoms with Crippen LogP contribution in [0.15, 0.2) is 97.1 Å². The number of amides is 3. The summed E-state index contributed by atoms with van der Waals surface area (Å²) in [6.07, 6.45) is 1.94. The number of hydrogen-bond acceptors (Lipinski definition) is 3. The first-order valence-electron chi connectivity index (χ1n) is 14.5. The van der Waals surface area contributed by atoms with Gasteiger partial charge < -0.3 is 15.1 Å². The molecule has 41 heavy (non-hydrogen) atoms. The van der Waals surface area contributed by atoms with Crippen molar-refractivity contribution < 1.29 is 14.4 Å². The minimum Gasteiger partial charge on any atom is -0.352 e. The molecule has 3 amide bonds. The maximum Gasteiger partial charge on any atom is 0.258 e. The first-order valence-corrected chi connectivity index (χ1v) is 14.5. The minimum absolute atomic E-state index is 0.0000271. The summed E-state index contributed by atoms with van der Waals surface area (Å²) in [4.78, 5) is 44.3. The normalized spacial score (nSPS) is 13.7. The van der Waals surface area contributed by atoms with Gasteiger partial charge in [-0.3, -0.25) is 14.4 Å². The van der Waals surface area contributed by atoms with Crippen molar-refractivity contribution in [1.82, 2.24) is 10.2 Å². The van der Waals surface area contributed by atoms with Gasteiger partial charge in [0.1, 0.15) is 6.04 Å². The van der Waals surface area contributed by atoms with Crippen LogP contribution in [-0.4, -0.2) is 41.2 Å². The molecule has 0 spiro atoms. The lowest BCUT2D eigenvalue weighted by Gasteiger charge is -2.32.